The molecule has 2 aromatic carbocycles. The number of anilines is 1. The van der Waals surface area contributed by atoms with E-state index in [9.17, 15) is 9.59 Å². The average Bonchev–Trinajstić information content (AvgIpc) is 2.55. The summed E-state index contributed by atoms with van der Waals surface area (Å²) in [5, 5.41) is 2.74. The molecule has 112 valence electrons. The van der Waals surface area contributed by atoms with Crippen LogP contribution >= 0.6 is 0 Å². The predicted octanol–water partition coefficient (Wildman–Crippen LogP) is 3.25. The Labute approximate surface area is 129 Å². The summed E-state index contributed by atoms with van der Waals surface area (Å²) >= 11 is 0. The van der Waals surface area contributed by atoms with E-state index >= 15 is 0 Å². The Morgan fingerprint density at radius 3 is 2.23 bits per heavy atom. The lowest BCUT2D eigenvalue weighted by Gasteiger charge is -2.03. The highest BCUT2D eigenvalue weighted by atomic mass is 16.2. The van der Waals surface area contributed by atoms with Gasteiger partial charge >= 0.3 is 0 Å². The van der Waals surface area contributed by atoms with Crippen molar-refractivity contribution in [2.45, 2.75) is 19.3 Å². The van der Waals surface area contributed by atoms with Crippen LogP contribution in [-0.2, 0) is 16.0 Å². The predicted molar refractivity (Wildman–Crippen MR) is 88.0 cm³/mol. The van der Waals surface area contributed by atoms with Gasteiger partial charge in [0.05, 0.1) is 0 Å². The fourth-order valence-electron chi connectivity index (χ4n) is 1.90. The second-order valence-electron chi connectivity index (χ2n) is 4.81. The topological polar surface area (TPSA) is 58.5 Å². The van der Waals surface area contributed by atoms with Crippen LogP contribution in [0, 0.1) is 0 Å². The van der Waals surface area contributed by atoms with Gasteiger partial charge in [-0.2, -0.15) is 0 Å². The minimum atomic E-state index is -0.279. The number of para-hydroxylation sites is 1. The minimum absolute atomic E-state index is 0.115. The van der Waals surface area contributed by atoms with Gasteiger partial charge in [0.25, 0.3) is 0 Å². The van der Waals surface area contributed by atoms with E-state index < -0.39 is 0 Å². The Balaban J connectivity index is 1.70. The van der Waals surface area contributed by atoms with E-state index in [-0.39, 0.29) is 24.7 Å². The standard InChI is InChI=1S/C18H18N2O2/c21-17(19-14-13-15-7-3-1-4-8-15)11-12-18(22)20-16-9-5-2-6-10-16/h1-10,14H,11-13H2,(H,20,22)/b19-14+. The normalized spacial score (nSPS) is 10.5. The molecule has 0 atom stereocenters. The van der Waals surface area contributed by atoms with E-state index in [0.717, 1.165) is 11.3 Å². The first-order chi connectivity index (χ1) is 10.7. The summed E-state index contributed by atoms with van der Waals surface area (Å²) in [6.45, 7) is 0. The number of carbonyl (C=O) groups excluding carboxylic acids is 2. The molecule has 0 fully saturated rings. The molecule has 0 radical (unpaired) electrons. The van der Waals surface area contributed by atoms with Crippen molar-refractivity contribution in [3.63, 3.8) is 0 Å². The van der Waals surface area contributed by atoms with Crippen molar-refractivity contribution in [1.29, 1.82) is 0 Å². The molecule has 2 amide bonds. The summed E-state index contributed by atoms with van der Waals surface area (Å²) in [5.41, 5.74) is 1.83. The summed E-state index contributed by atoms with van der Waals surface area (Å²) in [4.78, 5) is 27.2. The summed E-state index contributed by atoms with van der Waals surface area (Å²) < 4.78 is 0. The second-order valence-corrected chi connectivity index (χ2v) is 4.81. The highest BCUT2D eigenvalue weighted by Gasteiger charge is 2.05. The van der Waals surface area contributed by atoms with E-state index in [1.807, 2.05) is 48.5 Å². The number of nitrogens with zero attached hydrogens (tertiary/aromatic N) is 1. The molecule has 0 aliphatic carbocycles. The average molecular weight is 294 g/mol. The molecule has 0 heterocycles. The van der Waals surface area contributed by atoms with Gasteiger partial charge in [0.15, 0.2) is 0 Å². The third kappa shape index (κ3) is 5.71. The van der Waals surface area contributed by atoms with Gasteiger partial charge in [0.2, 0.25) is 11.8 Å². The molecule has 0 saturated heterocycles. The zero-order valence-electron chi connectivity index (χ0n) is 12.2. The summed E-state index contributed by atoms with van der Waals surface area (Å²) in [7, 11) is 0. The van der Waals surface area contributed by atoms with E-state index in [0.29, 0.717) is 6.42 Å². The zero-order valence-corrected chi connectivity index (χ0v) is 12.2. The highest BCUT2D eigenvalue weighted by molar-refractivity contribution is 5.94. The van der Waals surface area contributed by atoms with Gasteiger partial charge in [0.1, 0.15) is 0 Å². The van der Waals surface area contributed by atoms with E-state index in [1.165, 1.54) is 0 Å². The summed E-state index contributed by atoms with van der Waals surface area (Å²) in [6, 6.07) is 18.9. The molecule has 0 bridgehead atoms. The number of amides is 2. The van der Waals surface area contributed by atoms with E-state index in [2.05, 4.69) is 10.3 Å². The van der Waals surface area contributed by atoms with Crippen molar-refractivity contribution >= 4 is 23.7 Å². The molecule has 2 aromatic rings. The van der Waals surface area contributed by atoms with Crippen LogP contribution in [0.15, 0.2) is 65.7 Å². The molecular weight excluding hydrogens is 276 g/mol. The molecule has 0 unspecified atom stereocenters. The van der Waals surface area contributed by atoms with Crippen molar-refractivity contribution < 1.29 is 9.59 Å². The van der Waals surface area contributed by atoms with E-state index in [1.54, 1.807) is 18.3 Å². The van der Waals surface area contributed by atoms with Gasteiger partial charge in [-0.25, -0.2) is 4.99 Å². The van der Waals surface area contributed by atoms with Crippen molar-refractivity contribution in [2.75, 3.05) is 5.32 Å². The monoisotopic (exact) mass is 294 g/mol. The van der Waals surface area contributed by atoms with Crippen LogP contribution in [-0.4, -0.2) is 18.0 Å². The van der Waals surface area contributed by atoms with Crippen LogP contribution in [0.3, 0.4) is 0 Å². The quantitative estimate of drug-likeness (QED) is 0.831. The third-order valence-electron chi connectivity index (χ3n) is 3.03. The Morgan fingerprint density at radius 2 is 1.55 bits per heavy atom. The first-order valence-corrected chi connectivity index (χ1v) is 7.18. The van der Waals surface area contributed by atoms with Crippen molar-refractivity contribution in [3.05, 3.63) is 66.2 Å². The molecule has 4 heteroatoms. The lowest BCUT2D eigenvalue weighted by Crippen LogP contribution is -2.12. The molecule has 0 saturated carbocycles. The minimum Gasteiger partial charge on any atom is -0.326 e. The Morgan fingerprint density at radius 1 is 0.909 bits per heavy atom. The number of rotatable bonds is 6. The Bertz CT molecular complexity index is 637. The van der Waals surface area contributed by atoms with Crippen LogP contribution in [0.25, 0.3) is 0 Å². The molecule has 4 nitrogen and oxygen atoms in total. The molecule has 0 aliphatic rings. The number of carbonyl (C=O) groups is 2. The number of nitrogens with one attached hydrogen (secondary N) is 1. The lowest BCUT2D eigenvalue weighted by molar-refractivity contribution is -0.122. The highest BCUT2D eigenvalue weighted by Crippen LogP contribution is 2.06. The molecular formula is C18H18N2O2. The van der Waals surface area contributed by atoms with Crippen LogP contribution in [0.2, 0.25) is 0 Å². The van der Waals surface area contributed by atoms with Crippen molar-refractivity contribution in [2.24, 2.45) is 4.99 Å². The third-order valence-corrected chi connectivity index (χ3v) is 3.03. The van der Waals surface area contributed by atoms with Crippen LogP contribution in [0.1, 0.15) is 18.4 Å². The van der Waals surface area contributed by atoms with Crippen molar-refractivity contribution in [3.8, 4) is 0 Å². The molecule has 0 aromatic heterocycles. The van der Waals surface area contributed by atoms with Gasteiger partial charge in [-0.3, -0.25) is 9.59 Å². The maximum absolute atomic E-state index is 11.7. The van der Waals surface area contributed by atoms with E-state index in [4.69, 9.17) is 0 Å². The largest absolute Gasteiger partial charge is 0.326 e. The van der Waals surface area contributed by atoms with Crippen molar-refractivity contribution in [1.82, 2.24) is 0 Å². The SMILES string of the molecule is O=C(CCC(=O)Nc1ccccc1)/N=C/Cc1ccccc1. The fourth-order valence-corrected chi connectivity index (χ4v) is 1.90. The second kappa shape index (κ2) is 8.52. The zero-order chi connectivity index (χ0) is 15.6. The maximum atomic E-state index is 11.7. The molecule has 1 N–H and O–H groups in total. The van der Waals surface area contributed by atoms with Gasteiger partial charge < -0.3 is 5.32 Å². The number of aliphatic imine (C=N–C) groups is 1. The van der Waals surface area contributed by atoms with Gasteiger partial charge in [-0.1, -0.05) is 48.5 Å². The first-order valence-electron chi connectivity index (χ1n) is 7.18. The Hall–Kier alpha value is -2.75. The maximum Gasteiger partial charge on any atom is 0.245 e. The van der Waals surface area contributed by atoms with Crippen LogP contribution < -0.4 is 5.32 Å². The van der Waals surface area contributed by atoms with Gasteiger partial charge in [0, 0.05) is 31.2 Å². The fraction of sp³-hybridized carbons (Fsp3) is 0.167. The Kier molecular flexibility index (Phi) is 6.05. The lowest BCUT2D eigenvalue weighted by atomic mass is 10.2. The number of benzene rings is 2. The smallest absolute Gasteiger partial charge is 0.245 e. The molecule has 2 rings (SSSR count). The first kappa shape index (κ1) is 15.6. The number of hydrogen-bond acceptors (Lipinski definition) is 2. The molecule has 0 aliphatic heterocycles. The van der Waals surface area contributed by atoms with Crippen LogP contribution in [0.4, 0.5) is 5.69 Å². The summed E-state index contributed by atoms with van der Waals surface area (Å²) in [5.74, 6) is -0.461. The number of hydrogen-bond donors (Lipinski definition) is 1. The van der Waals surface area contributed by atoms with Gasteiger partial charge in [-0.05, 0) is 17.7 Å². The summed E-state index contributed by atoms with van der Waals surface area (Å²) in [6.07, 6.45) is 2.45. The van der Waals surface area contributed by atoms with Crippen LogP contribution in [0.5, 0.6) is 0 Å². The van der Waals surface area contributed by atoms with Gasteiger partial charge in [-0.15, -0.1) is 0 Å². The molecule has 22 heavy (non-hydrogen) atoms. The molecule has 0 spiro atoms.